The largest absolute Gasteiger partial charge is 0.478 e. The van der Waals surface area contributed by atoms with Gasteiger partial charge in [-0.25, -0.2) is 9.59 Å². The predicted molar refractivity (Wildman–Crippen MR) is 61.4 cm³/mol. The fourth-order valence-electron chi connectivity index (χ4n) is 1.15. The number of carboxylic acid groups (broad SMARTS) is 2. The molecule has 1 aromatic rings. The van der Waals surface area contributed by atoms with Crippen molar-refractivity contribution >= 4 is 22.1 Å². The molecule has 0 aliphatic rings. The third-order valence-electron chi connectivity index (χ3n) is 1.73. The summed E-state index contributed by atoms with van der Waals surface area (Å²) < 4.78 is 30.6. The molecule has 0 fully saturated rings. The molecule has 1 aromatic carbocycles. The van der Waals surface area contributed by atoms with Gasteiger partial charge in [0.2, 0.25) is 0 Å². The van der Waals surface area contributed by atoms with E-state index in [9.17, 15) is 18.0 Å². The topological polar surface area (TPSA) is 129 Å². The van der Waals surface area contributed by atoms with Crippen molar-refractivity contribution in [1.82, 2.24) is 0 Å². The predicted octanol–water partition coefficient (Wildman–Crippen LogP) is 1.13. The Hall–Kier alpha value is -2.19. The van der Waals surface area contributed by atoms with Gasteiger partial charge in [0.15, 0.2) is 0 Å². The monoisotopic (exact) mass is 274 g/mol. The maximum Gasteiger partial charge on any atom is 0.337 e. The Morgan fingerprint density at radius 2 is 1.33 bits per heavy atom. The molecule has 18 heavy (non-hydrogen) atoms. The van der Waals surface area contributed by atoms with Gasteiger partial charge < -0.3 is 10.2 Å². The lowest BCUT2D eigenvalue weighted by molar-refractivity contribution is 0.0688. The zero-order valence-corrected chi connectivity index (χ0v) is 9.85. The third-order valence-corrected chi connectivity index (χ3v) is 2.69. The lowest BCUT2D eigenvalue weighted by Crippen LogP contribution is -2.14. The standard InChI is InChI=1S/C8H6O7S.C2H4/c9-7(10)4-2-1-3-5(8(11)12)6(4)16(13,14)15;1-2/h1-3H,(H,9,10)(H,11,12)(H,13,14,15);1-2H2. The van der Waals surface area contributed by atoms with Crippen molar-refractivity contribution in [3.05, 3.63) is 42.5 Å². The minimum Gasteiger partial charge on any atom is -0.478 e. The van der Waals surface area contributed by atoms with Crippen molar-refractivity contribution in [2.24, 2.45) is 0 Å². The molecule has 0 heterocycles. The zero-order chi connectivity index (χ0) is 14.5. The lowest BCUT2D eigenvalue weighted by atomic mass is 10.1. The van der Waals surface area contributed by atoms with Gasteiger partial charge in [-0.15, -0.1) is 13.2 Å². The molecule has 3 N–H and O–H groups in total. The van der Waals surface area contributed by atoms with Crippen molar-refractivity contribution in [3.8, 4) is 0 Å². The van der Waals surface area contributed by atoms with Crippen LogP contribution in [0.3, 0.4) is 0 Å². The van der Waals surface area contributed by atoms with E-state index in [4.69, 9.17) is 14.8 Å². The average molecular weight is 274 g/mol. The zero-order valence-electron chi connectivity index (χ0n) is 9.03. The van der Waals surface area contributed by atoms with E-state index in [1.54, 1.807) is 0 Å². The first-order valence-electron chi connectivity index (χ1n) is 4.32. The Kier molecular flexibility index (Phi) is 5.22. The van der Waals surface area contributed by atoms with Crippen LogP contribution in [-0.2, 0) is 10.1 Å². The second kappa shape index (κ2) is 5.94. The molecule has 0 aliphatic heterocycles. The van der Waals surface area contributed by atoms with Gasteiger partial charge in [-0.05, 0) is 12.1 Å². The number of rotatable bonds is 3. The Morgan fingerprint density at radius 1 is 1.00 bits per heavy atom. The molecule has 0 atom stereocenters. The molecule has 0 radical (unpaired) electrons. The van der Waals surface area contributed by atoms with E-state index in [0.29, 0.717) is 0 Å². The summed E-state index contributed by atoms with van der Waals surface area (Å²) in [5, 5.41) is 17.3. The molecule has 0 saturated heterocycles. The van der Waals surface area contributed by atoms with E-state index < -0.39 is 38.1 Å². The number of hydrogen-bond donors (Lipinski definition) is 3. The smallest absolute Gasteiger partial charge is 0.337 e. The summed E-state index contributed by atoms with van der Waals surface area (Å²) in [6.45, 7) is 6.00. The number of carbonyl (C=O) groups is 2. The summed E-state index contributed by atoms with van der Waals surface area (Å²) in [7, 11) is -4.92. The van der Waals surface area contributed by atoms with Crippen molar-refractivity contribution in [1.29, 1.82) is 0 Å². The third kappa shape index (κ3) is 3.40. The van der Waals surface area contributed by atoms with E-state index in [-0.39, 0.29) is 0 Å². The van der Waals surface area contributed by atoms with Crippen LogP contribution >= 0.6 is 0 Å². The van der Waals surface area contributed by atoms with Crippen LogP contribution in [0, 0.1) is 0 Å². The molecule has 0 aromatic heterocycles. The lowest BCUT2D eigenvalue weighted by Gasteiger charge is -2.05. The van der Waals surface area contributed by atoms with E-state index in [2.05, 4.69) is 13.2 Å². The summed E-state index contributed by atoms with van der Waals surface area (Å²) in [4.78, 5) is 20.2. The highest BCUT2D eigenvalue weighted by atomic mass is 32.2. The fraction of sp³-hybridized carbons (Fsp3) is 0. The summed E-state index contributed by atoms with van der Waals surface area (Å²) in [6, 6.07) is 2.84. The van der Waals surface area contributed by atoms with Crippen LogP contribution < -0.4 is 0 Å². The van der Waals surface area contributed by atoms with Gasteiger partial charge in [-0.1, -0.05) is 6.07 Å². The van der Waals surface area contributed by atoms with Crippen LogP contribution in [0.1, 0.15) is 20.7 Å². The minimum absolute atomic E-state index is 0.789. The highest BCUT2D eigenvalue weighted by molar-refractivity contribution is 7.86. The second-order valence-corrected chi connectivity index (χ2v) is 4.13. The molecule has 0 bridgehead atoms. The summed E-state index contributed by atoms with van der Waals surface area (Å²) in [5.41, 5.74) is -1.58. The molecule has 8 heteroatoms. The van der Waals surface area contributed by atoms with E-state index in [0.717, 1.165) is 18.2 Å². The highest BCUT2D eigenvalue weighted by Gasteiger charge is 2.26. The van der Waals surface area contributed by atoms with Crippen molar-refractivity contribution in [2.75, 3.05) is 0 Å². The summed E-state index contributed by atoms with van der Waals surface area (Å²) >= 11 is 0. The number of aromatic carboxylic acids is 2. The fourth-order valence-corrected chi connectivity index (χ4v) is 2.02. The number of carboxylic acids is 2. The highest BCUT2D eigenvalue weighted by Crippen LogP contribution is 2.20. The summed E-state index contributed by atoms with van der Waals surface area (Å²) in [6.07, 6.45) is 0. The normalized spacial score (nSPS) is 10.1. The second-order valence-electron chi connectivity index (χ2n) is 2.77. The Bertz CT molecular complexity index is 542. The van der Waals surface area contributed by atoms with Crippen LogP contribution in [0.15, 0.2) is 36.3 Å². The first-order chi connectivity index (χ1) is 8.25. The molecule has 98 valence electrons. The maximum atomic E-state index is 10.9. The van der Waals surface area contributed by atoms with Crippen LogP contribution in [0.4, 0.5) is 0 Å². The van der Waals surface area contributed by atoms with Crippen LogP contribution in [0.25, 0.3) is 0 Å². The van der Waals surface area contributed by atoms with Gasteiger partial charge in [0, 0.05) is 0 Å². The van der Waals surface area contributed by atoms with Gasteiger partial charge in [0.25, 0.3) is 10.1 Å². The molecular formula is C10H10O7S. The Morgan fingerprint density at radius 3 is 1.56 bits per heavy atom. The van der Waals surface area contributed by atoms with Gasteiger partial charge >= 0.3 is 11.9 Å². The van der Waals surface area contributed by atoms with Gasteiger partial charge in [-0.2, -0.15) is 8.42 Å². The number of benzene rings is 1. The maximum absolute atomic E-state index is 10.9. The van der Waals surface area contributed by atoms with E-state index >= 15 is 0 Å². The van der Waals surface area contributed by atoms with Crippen LogP contribution in [-0.4, -0.2) is 35.1 Å². The molecule has 7 nitrogen and oxygen atoms in total. The quantitative estimate of drug-likeness (QED) is 0.556. The van der Waals surface area contributed by atoms with Crippen LogP contribution in [0.5, 0.6) is 0 Å². The van der Waals surface area contributed by atoms with Crippen molar-refractivity contribution in [2.45, 2.75) is 4.90 Å². The first kappa shape index (κ1) is 15.8. The van der Waals surface area contributed by atoms with Gasteiger partial charge in [0.05, 0.1) is 11.1 Å². The van der Waals surface area contributed by atoms with E-state index in [1.165, 1.54) is 0 Å². The Labute approximate surface area is 103 Å². The van der Waals surface area contributed by atoms with Crippen molar-refractivity contribution in [3.63, 3.8) is 0 Å². The molecule has 0 aliphatic carbocycles. The molecule has 0 saturated carbocycles. The van der Waals surface area contributed by atoms with Crippen molar-refractivity contribution < 1.29 is 32.8 Å². The van der Waals surface area contributed by atoms with E-state index in [1.807, 2.05) is 0 Å². The molecule has 0 amide bonds. The molecular weight excluding hydrogens is 264 g/mol. The first-order valence-corrected chi connectivity index (χ1v) is 5.76. The Balaban J connectivity index is 0.00000137. The molecule has 1 rings (SSSR count). The van der Waals surface area contributed by atoms with Crippen LogP contribution in [0.2, 0.25) is 0 Å². The molecule has 0 spiro atoms. The SMILES string of the molecule is C=C.O=C(O)c1cccc(C(=O)O)c1S(=O)(=O)O. The minimum atomic E-state index is -4.92. The molecule has 0 unspecified atom stereocenters. The van der Waals surface area contributed by atoms with Gasteiger partial charge in [-0.3, -0.25) is 4.55 Å². The average Bonchev–Trinajstić information content (AvgIpc) is 2.29. The number of hydrogen-bond acceptors (Lipinski definition) is 4. The summed E-state index contributed by atoms with van der Waals surface area (Å²) in [5.74, 6) is -3.29. The van der Waals surface area contributed by atoms with Gasteiger partial charge in [0.1, 0.15) is 4.90 Å².